The van der Waals surface area contributed by atoms with Gasteiger partial charge in [0.2, 0.25) is 0 Å². The van der Waals surface area contributed by atoms with Gasteiger partial charge in [-0.15, -0.1) is 16.7 Å². The molecule has 3 aromatic rings. The number of ether oxygens (including phenoxy) is 2. The number of nitrogens with zero attached hydrogens (tertiary/aromatic N) is 3. The summed E-state index contributed by atoms with van der Waals surface area (Å²) in [6.45, 7) is 6.51. The molecule has 35 heavy (non-hydrogen) atoms. The SMILES string of the molecule is Cc1cc(C(C)(C)c2ccc(OC[C@H](O)Cn3nnc([123I])c3CO)cc2)ccc1OC[C@H](O)CCl. The maximum atomic E-state index is 10.3. The topological polar surface area (TPSA) is 110 Å². The maximum Gasteiger partial charge on any atom is 0.149 e. The van der Waals surface area contributed by atoms with Gasteiger partial charge in [0.15, 0.2) is 0 Å². The van der Waals surface area contributed by atoms with Crippen LogP contribution in [0.25, 0.3) is 0 Å². The molecule has 0 fully saturated rings. The van der Waals surface area contributed by atoms with Crippen LogP contribution in [0.15, 0.2) is 42.5 Å². The highest BCUT2D eigenvalue weighted by molar-refractivity contribution is 14.1. The molecule has 2 aromatic carbocycles. The normalized spacial score (nSPS) is 13.5. The van der Waals surface area contributed by atoms with E-state index in [-0.39, 0.29) is 37.7 Å². The van der Waals surface area contributed by atoms with Gasteiger partial charge in [-0.25, -0.2) is 4.68 Å². The van der Waals surface area contributed by atoms with E-state index in [0.717, 1.165) is 22.4 Å². The molecule has 10 heteroatoms. The smallest absolute Gasteiger partial charge is 0.149 e. The molecule has 3 rings (SSSR count). The van der Waals surface area contributed by atoms with Crippen molar-refractivity contribution in [3.8, 4) is 11.5 Å². The first kappa shape index (κ1) is 27.7. The first-order valence-corrected chi connectivity index (χ1v) is 12.8. The first-order valence-electron chi connectivity index (χ1n) is 11.2. The molecule has 0 bridgehead atoms. The van der Waals surface area contributed by atoms with Crippen LogP contribution in [0.1, 0.15) is 36.2 Å². The number of benzene rings is 2. The fourth-order valence-corrected chi connectivity index (χ4v) is 4.25. The van der Waals surface area contributed by atoms with Gasteiger partial charge in [-0.1, -0.05) is 43.3 Å². The second kappa shape index (κ2) is 12.4. The van der Waals surface area contributed by atoms with Gasteiger partial charge in [0.1, 0.15) is 40.6 Å². The highest BCUT2D eigenvalue weighted by Crippen LogP contribution is 2.34. The Labute approximate surface area is 224 Å². The third-order valence-corrected chi connectivity index (χ3v) is 7.04. The van der Waals surface area contributed by atoms with Crippen molar-refractivity contribution in [1.29, 1.82) is 0 Å². The largest absolute Gasteiger partial charge is 0.491 e. The molecule has 0 aliphatic carbocycles. The zero-order chi connectivity index (χ0) is 25.6. The molecular formula is C25H31ClIN3O5. The summed E-state index contributed by atoms with van der Waals surface area (Å²) < 4.78 is 13.5. The van der Waals surface area contributed by atoms with Crippen molar-refractivity contribution in [3.63, 3.8) is 0 Å². The quantitative estimate of drug-likeness (QED) is 0.213. The number of aliphatic hydroxyl groups is 3. The molecule has 0 unspecified atom stereocenters. The summed E-state index contributed by atoms with van der Waals surface area (Å²) in [6, 6.07) is 13.9. The molecule has 190 valence electrons. The lowest BCUT2D eigenvalue weighted by Crippen LogP contribution is -2.25. The lowest BCUT2D eigenvalue weighted by Gasteiger charge is -2.27. The first-order chi connectivity index (χ1) is 16.6. The summed E-state index contributed by atoms with van der Waals surface area (Å²) in [7, 11) is 0. The van der Waals surface area contributed by atoms with E-state index in [0.29, 0.717) is 15.1 Å². The molecule has 0 aliphatic heterocycles. The minimum Gasteiger partial charge on any atom is -0.491 e. The van der Waals surface area contributed by atoms with Crippen molar-refractivity contribution in [2.45, 2.75) is 51.5 Å². The molecule has 0 saturated heterocycles. The predicted octanol–water partition coefficient (Wildman–Crippen LogP) is 3.43. The standard InChI is InChI=1S/C25H31ClIN3O5/c1-16-10-18(6-9-23(16)35-14-19(32)11-26)25(2,3)17-4-7-21(8-5-17)34-15-20(33)12-30-22(13-31)24(27)28-29-30/h4-10,19-20,31-33H,11-15H2,1-3H3/t19-,20-/m1/s1/i27-4. The zero-order valence-corrected chi connectivity index (χ0v) is 22.9. The van der Waals surface area contributed by atoms with E-state index in [1.807, 2.05) is 65.9 Å². The molecule has 0 amide bonds. The summed E-state index contributed by atoms with van der Waals surface area (Å²) in [5.74, 6) is 1.51. The molecular weight excluding hydrogens is 581 g/mol. The number of halogens is 2. The van der Waals surface area contributed by atoms with Crippen molar-refractivity contribution in [2.75, 3.05) is 19.1 Å². The zero-order valence-electron chi connectivity index (χ0n) is 20.0. The molecule has 0 saturated carbocycles. The van der Waals surface area contributed by atoms with E-state index >= 15 is 0 Å². The van der Waals surface area contributed by atoms with Crippen LogP contribution in [0.5, 0.6) is 11.5 Å². The highest BCUT2D eigenvalue weighted by atomic mass is 123. The van der Waals surface area contributed by atoms with E-state index in [9.17, 15) is 15.3 Å². The number of hydrogen-bond acceptors (Lipinski definition) is 7. The Hall–Kier alpha value is -1.92. The van der Waals surface area contributed by atoms with Crippen LogP contribution >= 0.6 is 34.2 Å². The van der Waals surface area contributed by atoms with Crippen LogP contribution < -0.4 is 9.47 Å². The van der Waals surface area contributed by atoms with Crippen LogP contribution in [0, 0.1) is 10.6 Å². The van der Waals surface area contributed by atoms with Crippen LogP contribution in [0.3, 0.4) is 0 Å². The van der Waals surface area contributed by atoms with Crippen LogP contribution in [0.2, 0.25) is 0 Å². The predicted molar refractivity (Wildman–Crippen MR) is 142 cm³/mol. The fourth-order valence-electron chi connectivity index (χ4n) is 3.61. The summed E-state index contributed by atoms with van der Waals surface area (Å²) >= 11 is 7.63. The molecule has 3 N–H and O–H groups in total. The average molecular weight is 612 g/mol. The fraction of sp³-hybridized carbons (Fsp3) is 0.440. The molecule has 2 atom stereocenters. The van der Waals surface area contributed by atoms with Gasteiger partial charge in [0.05, 0.1) is 24.7 Å². The summed E-state index contributed by atoms with van der Waals surface area (Å²) in [5, 5.41) is 37.2. The summed E-state index contributed by atoms with van der Waals surface area (Å²) in [6.07, 6.45) is -1.50. The number of aromatic nitrogens is 3. The number of aryl methyl sites for hydroxylation is 1. The van der Waals surface area contributed by atoms with Crippen LogP contribution in [-0.2, 0) is 18.6 Å². The highest BCUT2D eigenvalue weighted by Gasteiger charge is 2.24. The van der Waals surface area contributed by atoms with Gasteiger partial charge in [0, 0.05) is 5.41 Å². The van der Waals surface area contributed by atoms with Gasteiger partial charge in [-0.2, -0.15) is 0 Å². The summed E-state index contributed by atoms with van der Waals surface area (Å²) in [4.78, 5) is 0. The monoisotopic (exact) mass is 611 g/mol. The lowest BCUT2D eigenvalue weighted by atomic mass is 9.77. The third kappa shape index (κ3) is 7.07. The second-order valence-corrected chi connectivity index (χ2v) is 10.2. The average Bonchev–Trinajstić information content (AvgIpc) is 3.20. The van der Waals surface area contributed by atoms with Crippen molar-refractivity contribution in [3.05, 3.63) is 68.5 Å². The third-order valence-electron chi connectivity index (χ3n) is 5.85. The Morgan fingerprint density at radius 3 is 2.31 bits per heavy atom. The Morgan fingerprint density at radius 2 is 1.69 bits per heavy atom. The maximum absolute atomic E-state index is 10.3. The van der Waals surface area contributed by atoms with Gasteiger partial charge in [-0.3, -0.25) is 0 Å². The van der Waals surface area contributed by atoms with Gasteiger partial charge in [-0.05, 0) is 64.4 Å². The minimum atomic E-state index is -0.803. The van der Waals surface area contributed by atoms with Gasteiger partial charge in [0.25, 0.3) is 0 Å². The number of rotatable bonds is 12. The Balaban J connectivity index is 1.61. The Morgan fingerprint density at radius 1 is 1.03 bits per heavy atom. The number of aliphatic hydroxyl groups excluding tert-OH is 3. The molecule has 1 aromatic heterocycles. The molecule has 0 spiro atoms. The van der Waals surface area contributed by atoms with Crippen molar-refractivity contribution >= 4 is 34.2 Å². The van der Waals surface area contributed by atoms with E-state index in [1.54, 1.807) is 0 Å². The molecule has 8 nitrogen and oxygen atoms in total. The van der Waals surface area contributed by atoms with E-state index in [2.05, 4.69) is 30.2 Å². The van der Waals surface area contributed by atoms with Crippen LogP contribution in [0.4, 0.5) is 0 Å². The summed E-state index contributed by atoms with van der Waals surface area (Å²) in [5.41, 5.74) is 3.53. The lowest BCUT2D eigenvalue weighted by molar-refractivity contribution is 0.0866. The van der Waals surface area contributed by atoms with E-state index in [1.165, 1.54) is 4.68 Å². The van der Waals surface area contributed by atoms with Crippen molar-refractivity contribution in [1.82, 2.24) is 15.0 Å². The Kier molecular flexibility index (Phi) is 9.77. The molecule has 0 aliphatic rings. The van der Waals surface area contributed by atoms with Crippen molar-refractivity contribution < 1.29 is 24.8 Å². The van der Waals surface area contributed by atoms with E-state index in [4.69, 9.17) is 21.1 Å². The van der Waals surface area contributed by atoms with E-state index < -0.39 is 12.2 Å². The number of alkyl halides is 1. The Bertz CT molecular complexity index is 1110. The second-order valence-electron chi connectivity index (χ2n) is 8.88. The van der Waals surface area contributed by atoms with Crippen molar-refractivity contribution in [2.24, 2.45) is 0 Å². The molecule has 0 radical (unpaired) electrons. The minimum absolute atomic E-state index is 0.0864. The number of hydrogen-bond donors (Lipinski definition) is 3. The van der Waals surface area contributed by atoms with Gasteiger partial charge < -0.3 is 24.8 Å². The van der Waals surface area contributed by atoms with Crippen LogP contribution in [-0.4, -0.2) is 61.6 Å². The molecule has 1 heterocycles. The van der Waals surface area contributed by atoms with Gasteiger partial charge >= 0.3 is 0 Å².